The lowest BCUT2D eigenvalue weighted by Crippen LogP contribution is -2.48. The molecule has 2 aromatic rings. The summed E-state index contributed by atoms with van der Waals surface area (Å²) in [6.45, 7) is 6.30. The molecule has 1 spiro atoms. The summed E-state index contributed by atoms with van der Waals surface area (Å²) in [5, 5.41) is 3.04. The maximum absolute atomic E-state index is 13.3. The first-order valence-electron chi connectivity index (χ1n) is 10.6. The number of carbonyl (C=O) groups is 2. The number of anilines is 1. The third-order valence-corrected chi connectivity index (χ3v) is 6.68. The molecule has 4 rings (SSSR count). The van der Waals surface area contributed by atoms with E-state index in [1.54, 1.807) is 6.92 Å². The zero-order valence-electron chi connectivity index (χ0n) is 17.7. The molecule has 30 heavy (non-hydrogen) atoms. The molecule has 1 saturated heterocycles. The first kappa shape index (κ1) is 20.3. The van der Waals surface area contributed by atoms with Crippen molar-refractivity contribution in [3.63, 3.8) is 0 Å². The smallest absolute Gasteiger partial charge is 0.338 e. The molecule has 0 bridgehead atoms. The lowest BCUT2D eigenvalue weighted by molar-refractivity contribution is -0.133. The number of para-hydroxylation sites is 1. The number of benzene rings is 1. The highest BCUT2D eigenvalue weighted by Gasteiger charge is 2.58. The van der Waals surface area contributed by atoms with Crippen molar-refractivity contribution in [2.75, 3.05) is 11.9 Å². The van der Waals surface area contributed by atoms with Crippen LogP contribution in [0.2, 0.25) is 0 Å². The molecule has 7 heteroatoms. The number of likely N-dealkylation sites (tertiary alicyclic amines) is 1. The number of hydrogen-bond acceptors (Lipinski definition) is 4. The molecule has 1 fully saturated rings. The Kier molecular flexibility index (Phi) is 5.22. The molecule has 0 aliphatic carbocycles. The van der Waals surface area contributed by atoms with Crippen LogP contribution in [-0.4, -0.2) is 39.3 Å². The van der Waals surface area contributed by atoms with E-state index in [4.69, 9.17) is 0 Å². The average Bonchev–Trinajstić information content (AvgIpc) is 3.21. The van der Waals surface area contributed by atoms with Crippen molar-refractivity contribution in [3.05, 3.63) is 57.3 Å². The van der Waals surface area contributed by atoms with Crippen molar-refractivity contribution >= 4 is 17.5 Å². The summed E-state index contributed by atoms with van der Waals surface area (Å²) < 4.78 is 0. The molecule has 0 saturated carbocycles. The SMILES string of the molecule is CCC[C@@H]1N(C(=O)CCc2c(C)nc(=O)[nH]c2C)CC[C@]12C(=O)Nc1ccccc12. The molecular formula is C23H28N4O3. The molecular weight excluding hydrogens is 380 g/mol. The summed E-state index contributed by atoms with van der Waals surface area (Å²) in [6.07, 6.45) is 3.17. The molecule has 2 amide bonds. The van der Waals surface area contributed by atoms with Gasteiger partial charge in [0.25, 0.3) is 0 Å². The standard InChI is InChI=1S/C23H28N4O3/c1-4-7-19-23(17-8-5-6-9-18(17)26-21(23)29)12-13-27(19)20(28)11-10-16-14(2)24-22(30)25-15(16)3/h5-6,8-9,19H,4,7,10-13H2,1-3H3,(H,26,29)(H,24,25,30)/t19-,23+/m0/s1. The lowest BCUT2D eigenvalue weighted by atomic mass is 9.73. The minimum atomic E-state index is -0.659. The third kappa shape index (κ3) is 3.13. The van der Waals surface area contributed by atoms with Crippen LogP contribution in [0.15, 0.2) is 29.1 Å². The lowest BCUT2D eigenvalue weighted by Gasteiger charge is -2.34. The average molecular weight is 409 g/mol. The predicted molar refractivity (Wildman–Crippen MR) is 114 cm³/mol. The Morgan fingerprint density at radius 3 is 2.77 bits per heavy atom. The second-order valence-electron chi connectivity index (χ2n) is 8.34. The van der Waals surface area contributed by atoms with Gasteiger partial charge in [0.05, 0.1) is 11.5 Å². The van der Waals surface area contributed by atoms with Gasteiger partial charge in [-0.15, -0.1) is 0 Å². The van der Waals surface area contributed by atoms with Crippen molar-refractivity contribution in [2.24, 2.45) is 0 Å². The summed E-state index contributed by atoms with van der Waals surface area (Å²) in [4.78, 5) is 46.5. The van der Waals surface area contributed by atoms with Crippen LogP contribution in [0.4, 0.5) is 5.69 Å². The van der Waals surface area contributed by atoms with E-state index in [-0.39, 0.29) is 23.5 Å². The number of aromatic amines is 1. The number of nitrogens with one attached hydrogen (secondary N) is 2. The summed E-state index contributed by atoms with van der Waals surface area (Å²) in [5.41, 5.74) is 3.18. The Bertz CT molecular complexity index is 1030. The zero-order chi connectivity index (χ0) is 21.5. The number of hydrogen-bond donors (Lipinski definition) is 2. The fraction of sp³-hybridized carbons (Fsp3) is 0.478. The number of nitrogens with zero attached hydrogens (tertiary/aromatic N) is 2. The van der Waals surface area contributed by atoms with Gasteiger partial charge in [0.2, 0.25) is 11.8 Å². The first-order chi connectivity index (χ1) is 14.4. The van der Waals surface area contributed by atoms with E-state index in [0.717, 1.165) is 35.3 Å². The van der Waals surface area contributed by atoms with Crippen LogP contribution in [0.25, 0.3) is 0 Å². The summed E-state index contributed by atoms with van der Waals surface area (Å²) in [6, 6.07) is 7.69. The van der Waals surface area contributed by atoms with Crippen molar-refractivity contribution in [1.29, 1.82) is 0 Å². The fourth-order valence-electron chi connectivity index (χ4n) is 5.27. The van der Waals surface area contributed by atoms with E-state index in [9.17, 15) is 14.4 Å². The normalized spacial score (nSPS) is 22.4. The number of aryl methyl sites for hydroxylation is 2. The summed E-state index contributed by atoms with van der Waals surface area (Å²) in [5.74, 6) is 0.0569. The highest BCUT2D eigenvalue weighted by molar-refractivity contribution is 6.07. The van der Waals surface area contributed by atoms with Gasteiger partial charge in [0.1, 0.15) is 0 Å². The summed E-state index contributed by atoms with van der Waals surface area (Å²) >= 11 is 0. The van der Waals surface area contributed by atoms with Gasteiger partial charge >= 0.3 is 5.69 Å². The highest BCUT2D eigenvalue weighted by Crippen LogP contribution is 2.49. The molecule has 1 aromatic heterocycles. The number of aromatic nitrogens is 2. The van der Waals surface area contributed by atoms with Gasteiger partial charge in [-0.3, -0.25) is 9.59 Å². The topological polar surface area (TPSA) is 95.2 Å². The van der Waals surface area contributed by atoms with E-state index in [1.165, 1.54) is 0 Å². The van der Waals surface area contributed by atoms with Gasteiger partial charge in [0, 0.05) is 30.0 Å². The molecule has 7 nitrogen and oxygen atoms in total. The van der Waals surface area contributed by atoms with Gasteiger partial charge in [-0.1, -0.05) is 31.5 Å². The highest BCUT2D eigenvalue weighted by atomic mass is 16.2. The van der Waals surface area contributed by atoms with Crippen LogP contribution in [-0.2, 0) is 21.4 Å². The Morgan fingerprint density at radius 1 is 1.27 bits per heavy atom. The maximum Gasteiger partial charge on any atom is 0.345 e. The van der Waals surface area contributed by atoms with Gasteiger partial charge in [-0.25, -0.2) is 4.79 Å². The number of H-pyrrole nitrogens is 1. The van der Waals surface area contributed by atoms with Crippen molar-refractivity contribution < 1.29 is 9.59 Å². The fourth-order valence-corrected chi connectivity index (χ4v) is 5.27. The van der Waals surface area contributed by atoms with Crippen molar-refractivity contribution in [2.45, 2.75) is 64.3 Å². The first-order valence-corrected chi connectivity index (χ1v) is 10.6. The molecule has 158 valence electrons. The maximum atomic E-state index is 13.3. The second-order valence-corrected chi connectivity index (χ2v) is 8.34. The van der Waals surface area contributed by atoms with E-state index in [2.05, 4.69) is 22.2 Å². The van der Waals surface area contributed by atoms with Crippen LogP contribution in [0.3, 0.4) is 0 Å². The van der Waals surface area contributed by atoms with Crippen LogP contribution in [0, 0.1) is 13.8 Å². The minimum absolute atomic E-state index is 0.00831. The van der Waals surface area contributed by atoms with Crippen LogP contribution < -0.4 is 11.0 Å². The molecule has 3 heterocycles. The molecule has 2 aliphatic heterocycles. The second kappa shape index (κ2) is 7.70. The Balaban J connectivity index is 1.59. The Labute approximate surface area is 175 Å². The Morgan fingerprint density at radius 2 is 2.03 bits per heavy atom. The van der Waals surface area contributed by atoms with Crippen LogP contribution in [0.1, 0.15) is 55.1 Å². The summed E-state index contributed by atoms with van der Waals surface area (Å²) in [7, 11) is 0. The molecule has 2 N–H and O–H groups in total. The van der Waals surface area contributed by atoms with Gasteiger partial charge in [-0.05, 0) is 50.3 Å². The van der Waals surface area contributed by atoms with Crippen molar-refractivity contribution in [1.82, 2.24) is 14.9 Å². The minimum Gasteiger partial charge on any atom is -0.338 e. The van der Waals surface area contributed by atoms with E-state index < -0.39 is 5.41 Å². The van der Waals surface area contributed by atoms with Gasteiger partial charge in [-0.2, -0.15) is 4.98 Å². The molecule has 1 aromatic carbocycles. The number of carbonyl (C=O) groups excluding carboxylic acids is 2. The van der Waals surface area contributed by atoms with Crippen LogP contribution in [0.5, 0.6) is 0 Å². The predicted octanol–water partition coefficient (Wildman–Crippen LogP) is 2.61. The van der Waals surface area contributed by atoms with E-state index in [0.29, 0.717) is 31.5 Å². The number of rotatable bonds is 5. The molecule has 2 atom stereocenters. The third-order valence-electron chi connectivity index (χ3n) is 6.68. The van der Waals surface area contributed by atoms with E-state index in [1.807, 2.05) is 36.1 Å². The zero-order valence-corrected chi connectivity index (χ0v) is 17.7. The van der Waals surface area contributed by atoms with Gasteiger partial charge in [0.15, 0.2) is 0 Å². The Hall–Kier alpha value is -2.96. The molecule has 0 radical (unpaired) electrons. The monoisotopic (exact) mass is 408 g/mol. The number of fused-ring (bicyclic) bond motifs is 2. The number of amides is 2. The molecule has 0 unspecified atom stereocenters. The van der Waals surface area contributed by atoms with Gasteiger partial charge < -0.3 is 15.2 Å². The quantitative estimate of drug-likeness (QED) is 0.795. The largest absolute Gasteiger partial charge is 0.345 e. The van der Waals surface area contributed by atoms with Crippen LogP contribution >= 0.6 is 0 Å². The van der Waals surface area contributed by atoms with Crippen molar-refractivity contribution in [3.8, 4) is 0 Å². The molecule has 2 aliphatic rings. The van der Waals surface area contributed by atoms with E-state index >= 15 is 0 Å².